The highest BCUT2D eigenvalue weighted by Gasteiger charge is 2.19. The Hall–Kier alpha value is -1.77. The molecule has 0 aliphatic carbocycles. The number of anilines is 1. The molecule has 0 spiro atoms. The van der Waals surface area contributed by atoms with Crippen molar-refractivity contribution in [2.24, 2.45) is 13.0 Å². The molecule has 94 valence electrons. The molecule has 0 bridgehead atoms. The van der Waals surface area contributed by atoms with Gasteiger partial charge in [0.05, 0.1) is 5.69 Å². The molecule has 0 saturated heterocycles. The van der Waals surface area contributed by atoms with E-state index >= 15 is 0 Å². The molecule has 3 nitrogen and oxygen atoms in total. The van der Waals surface area contributed by atoms with Crippen molar-refractivity contribution >= 4 is 5.69 Å². The molecular formula is C15H19N3. The molecule has 2 heterocycles. The van der Waals surface area contributed by atoms with E-state index in [0.29, 0.717) is 5.92 Å². The van der Waals surface area contributed by atoms with Gasteiger partial charge in [-0.05, 0) is 43.4 Å². The van der Waals surface area contributed by atoms with Crippen molar-refractivity contribution < 1.29 is 0 Å². The molecule has 0 fully saturated rings. The summed E-state index contributed by atoms with van der Waals surface area (Å²) in [4.78, 5) is 0. The Labute approximate surface area is 108 Å². The average molecular weight is 241 g/mol. The normalized spacial score (nSPS) is 18.2. The topological polar surface area (TPSA) is 29.9 Å². The summed E-state index contributed by atoms with van der Waals surface area (Å²) in [5.41, 5.74) is 5.18. The Balaban J connectivity index is 1.75. The SMILES string of the molecule is Cc1cc(CC2CNc3ccccc3C2)n(C)n1. The van der Waals surface area contributed by atoms with Gasteiger partial charge in [0.25, 0.3) is 0 Å². The van der Waals surface area contributed by atoms with Gasteiger partial charge in [0.1, 0.15) is 0 Å². The molecule has 1 unspecified atom stereocenters. The van der Waals surface area contributed by atoms with Crippen LogP contribution >= 0.6 is 0 Å². The van der Waals surface area contributed by atoms with Crippen LogP contribution in [-0.2, 0) is 19.9 Å². The summed E-state index contributed by atoms with van der Waals surface area (Å²) in [6.45, 7) is 3.11. The summed E-state index contributed by atoms with van der Waals surface area (Å²) in [5.74, 6) is 0.662. The molecule has 3 heteroatoms. The fourth-order valence-corrected chi connectivity index (χ4v) is 2.80. The third-order valence-corrected chi connectivity index (χ3v) is 3.70. The van der Waals surface area contributed by atoms with E-state index in [4.69, 9.17) is 0 Å². The van der Waals surface area contributed by atoms with E-state index in [2.05, 4.69) is 47.7 Å². The van der Waals surface area contributed by atoms with Crippen LogP contribution < -0.4 is 5.32 Å². The second-order valence-corrected chi connectivity index (χ2v) is 5.21. The van der Waals surface area contributed by atoms with E-state index in [0.717, 1.165) is 25.1 Å². The Kier molecular flexibility index (Phi) is 2.82. The van der Waals surface area contributed by atoms with Gasteiger partial charge in [0.15, 0.2) is 0 Å². The van der Waals surface area contributed by atoms with Gasteiger partial charge in [0.2, 0.25) is 0 Å². The number of hydrogen-bond donors (Lipinski definition) is 1. The number of hydrogen-bond acceptors (Lipinski definition) is 2. The van der Waals surface area contributed by atoms with Gasteiger partial charge in [-0.15, -0.1) is 0 Å². The smallest absolute Gasteiger partial charge is 0.0596 e. The fourth-order valence-electron chi connectivity index (χ4n) is 2.80. The Morgan fingerprint density at radius 2 is 2.22 bits per heavy atom. The van der Waals surface area contributed by atoms with Gasteiger partial charge in [-0.2, -0.15) is 5.10 Å². The van der Waals surface area contributed by atoms with E-state index in [1.165, 1.54) is 16.9 Å². The Morgan fingerprint density at radius 3 is 3.00 bits per heavy atom. The lowest BCUT2D eigenvalue weighted by atomic mass is 9.90. The van der Waals surface area contributed by atoms with Gasteiger partial charge >= 0.3 is 0 Å². The zero-order chi connectivity index (χ0) is 12.5. The molecule has 0 saturated carbocycles. The largest absolute Gasteiger partial charge is 0.385 e. The standard InChI is InChI=1S/C15H19N3/c1-11-7-14(18(2)17-11)9-12-8-13-5-3-4-6-15(13)16-10-12/h3-7,12,16H,8-10H2,1-2H3. The summed E-state index contributed by atoms with van der Waals surface area (Å²) in [6, 6.07) is 10.8. The first kappa shape index (κ1) is 11.3. The first-order valence-electron chi connectivity index (χ1n) is 6.53. The van der Waals surface area contributed by atoms with Crippen molar-refractivity contribution in [3.8, 4) is 0 Å². The van der Waals surface area contributed by atoms with Crippen LogP contribution in [0, 0.1) is 12.8 Å². The van der Waals surface area contributed by atoms with Crippen LogP contribution in [0.1, 0.15) is 17.0 Å². The van der Waals surface area contributed by atoms with Crippen molar-refractivity contribution in [1.29, 1.82) is 0 Å². The molecular weight excluding hydrogens is 222 g/mol. The van der Waals surface area contributed by atoms with E-state index in [9.17, 15) is 0 Å². The number of aromatic nitrogens is 2. The van der Waals surface area contributed by atoms with Crippen LogP contribution in [-0.4, -0.2) is 16.3 Å². The lowest BCUT2D eigenvalue weighted by molar-refractivity contribution is 0.512. The second-order valence-electron chi connectivity index (χ2n) is 5.21. The Morgan fingerprint density at radius 1 is 1.39 bits per heavy atom. The molecule has 2 aromatic rings. The number of nitrogens with one attached hydrogen (secondary N) is 1. The van der Waals surface area contributed by atoms with Crippen molar-refractivity contribution in [3.05, 3.63) is 47.3 Å². The van der Waals surface area contributed by atoms with Gasteiger partial charge in [-0.1, -0.05) is 18.2 Å². The van der Waals surface area contributed by atoms with Crippen LogP contribution in [0.4, 0.5) is 5.69 Å². The predicted molar refractivity (Wildman–Crippen MR) is 73.8 cm³/mol. The van der Waals surface area contributed by atoms with E-state index in [-0.39, 0.29) is 0 Å². The summed E-state index contributed by atoms with van der Waals surface area (Å²) in [7, 11) is 2.03. The minimum atomic E-state index is 0.662. The highest BCUT2D eigenvalue weighted by Crippen LogP contribution is 2.26. The van der Waals surface area contributed by atoms with Crippen LogP contribution in [0.5, 0.6) is 0 Å². The fraction of sp³-hybridized carbons (Fsp3) is 0.400. The number of nitrogens with zero attached hydrogens (tertiary/aromatic N) is 2. The van der Waals surface area contributed by atoms with E-state index < -0.39 is 0 Å². The number of para-hydroxylation sites is 1. The second kappa shape index (κ2) is 4.48. The van der Waals surface area contributed by atoms with Gasteiger partial charge in [-0.25, -0.2) is 0 Å². The third-order valence-electron chi connectivity index (χ3n) is 3.70. The first-order chi connectivity index (χ1) is 8.72. The lowest BCUT2D eigenvalue weighted by Crippen LogP contribution is -2.25. The molecule has 0 amide bonds. The molecule has 1 N–H and O–H groups in total. The molecule has 1 aliphatic rings. The quantitative estimate of drug-likeness (QED) is 0.875. The van der Waals surface area contributed by atoms with Crippen LogP contribution in [0.25, 0.3) is 0 Å². The minimum Gasteiger partial charge on any atom is -0.385 e. The molecule has 18 heavy (non-hydrogen) atoms. The van der Waals surface area contributed by atoms with Crippen LogP contribution in [0.2, 0.25) is 0 Å². The molecule has 1 aromatic heterocycles. The molecule has 1 atom stereocenters. The number of aryl methyl sites for hydroxylation is 2. The van der Waals surface area contributed by atoms with Crippen molar-refractivity contribution in [3.63, 3.8) is 0 Å². The van der Waals surface area contributed by atoms with Gasteiger partial charge in [-0.3, -0.25) is 4.68 Å². The van der Waals surface area contributed by atoms with Crippen molar-refractivity contribution in [2.75, 3.05) is 11.9 Å². The predicted octanol–water partition coefficient (Wildman–Crippen LogP) is 2.56. The maximum absolute atomic E-state index is 4.42. The monoisotopic (exact) mass is 241 g/mol. The summed E-state index contributed by atoms with van der Waals surface area (Å²) >= 11 is 0. The Bertz CT molecular complexity index is 557. The average Bonchev–Trinajstić information content (AvgIpc) is 2.68. The zero-order valence-corrected chi connectivity index (χ0v) is 11.0. The lowest BCUT2D eigenvalue weighted by Gasteiger charge is -2.26. The maximum Gasteiger partial charge on any atom is 0.0596 e. The molecule has 1 aromatic carbocycles. The zero-order valence-electron chi connectivity index (χ0n) is 11.0. The number of rotatable bonds is 2. The van der Waals surface area contributed by atoms with Crippen molar-refractivity contribution in [1.82, 2.24) is 9.78 Å². The molecule has 1 aliphatic heterocycles. The van der Waals surface area contributed by atoms with Gasteiger partial charge in [0, 0.05) is 25.0 Å². The summed E-state index contributed by atoms with van der Waals surface area (Å²) in [5, 5.41) is 7.95. The third kappa shape index (κ3) is 2.13. The molecule has 0 radical (unpaired) electrons. The number of benzene rings is 1. The van der Waals surface area contributed by atoms with Crippen LogP contribution in [0.3, 0.4) is 0 Å². The van der Waals surface area contributed by atoms with Crippen molar-refractivity contribution in [2.45, 2.75) is 19.8 Å². The van der Waals surface area contributed by atoms with Gasteiger partial charge < -0.3 is 5.32 Å². The summed E-state index contributed by atoms with van der Waals surface area (Å²) < 4.78 is 2.01. The number of fused-ring (bicyclic) bond motifs is 1. The minimum absolute atomic E-state index is 0.662. The molecule has 3 rings (SSSR count). The maximum atomic E-state index is 4.42. The summed E-state index contributed by atoms with van der Waals surface area (Å²) in [6.07, 6.45) is 2.26. The van der Waals surface area contributed by atoms with E-state index in [1.54, 1.807) is 0 Å². The highest BCUT2D eigenvalue weighted by atomic mass is 15.3. The van der Waals surface area contributed by atoms with Crippen LogP contribution in [0.15, 0.2) is 30.3 Å². The van der Waals surface area contributed by atoms with E-state index in [1.807, 2.05) is 11.7 Å². The first-order valence-corrected chi connectivity index (χ1v) is 6.53. The highest BCUT2D eigenvalue weighted by molar-refractivity contribution is 5.53.